The maximum Gasteiger partial charge on any atom is 0.408 e. The predicted molar refractivity (Wildman–Crippen MR) is 127 cm³/mol. The van der Waals surface area contributed by atoms with Crippen LogP contribution in [0, 0.1) is 0 Å². The maximum absolute atomic E-state index is 13.4. The largest absolute Gasteiger partial charge is 0.508 e. The quantitative estimate of drug-likeness (QED) is 0.252. The van der Waals surface area contributed by atoms with Crippen molar-refractivity contribution >= 4 is 23.9 Å². The molecule has 0 bridgehead atoms. The molecule has 0 aliphatic rings. The smallest absolute Gasteiger partial charge is 0.408 e. The number of nitrogens with one attached hydrogen (secondary N) is 2. The first kappa shape index (κ1) is 29.4. The van der Waals surface area contributed by atoms with Crippen molar-refractivity contribution in [2.75, 3.05) is 26.3 Å². The highest BCUT2D eigenvalue weighted by molar-refractivity contribution is 5.92. The molecule has 194 valence electrons. The summed E-state index contributed by atoms with van der Waals surface area (Å²) in [4.78, 5) is 51.5. The second-order valence-electron chi connectivity index (χ2n) is 8.50. The van der Waals surface area contributed by atoms with Gasteiger partial charge in [-0.25, -0.2) is 4.79 Å². The monoisotopic (exact) mass is 493 g/mol. The molecule has 0 heterocycles. The lowest BCUT2D eigenvalue weighted by Gasteiger charge is -2.33. The molecular formula is C24H35N3O8. The number of alkyl carbamates (subject to hydrolysis) is 1. The topological polar surface area (TPSA) is 154 Å². The Morgan fingerprint density at radius 3 is 2.31 bits per heavy atom. The van der Waals surface area contributed by atoms with E-state index in [-0.39, 0.29) is 31.9 Å². The molecule has 0 aromatic heterocycles. The number of nitrogens with zero attached hydrogens (tertiary/aromatic N) is 1. The second-order valence-corrected chi connectivity index (χ2v) is 8.50. The van der Waals surface area contributed by atoms with Crippen LogP contribution in [0.15, 0.2) is 36.9 Å². The van der Waals surface area contributed by atoms with Crippen LogP contribution in [0.4, 0.5) is 4.79 Å². The fourth-order valence-electron chi connectivity index (χ4n) is 3.04. The number of ether oxygens (including phenoxy) is 2. The molecule has 35 heavy (non-hydrogen) atoms. The minimum atomic E-state index is -1.41. The summed E-state index contributed by atoms with van der Waals surface area (Å²) in [5.41, 5.74) is -0.484. The van der Waals surface area contributed by atoms with Gasteiger partial charge in [0, 0.05) is 13.1 Å². The SMILES string of the molecule is C=CCN(C(=O)C(CO)NC(=O)OC(C)(C)C)C(C(=O)NCCC(=O)OCC)c1ccc(O)cc1. The number of hydrogen-bond donors (Lipinski definition) is 4. The van der Waals surface area contributed by atoms with E-state index >= 15 is 0 Å². The standard InChI is InChI=1S/C24H35N3O8/c1-6-14-27(22(32)18(15-28)26-23(33)35-24(3,4)5)20(16-8-10-17(29)11-9-16)21(31)25-13-12-19(30)34-7-2/h6,8-11,18,20,28-29H,1,7,12-15H2,2-5H3,(H,25,31)(H,26,33). The fraction of sp³-hybridized carbons (Fsp3) is 0.500. The number of benzene rings is 1. The van der Waals surface area contributed by atoms with E-state index in [4.69, 9.17) is 9.47 Å². The van der Waals surface area contributed by atoms with Crippen LogP contribution in [-0.2, 0) is 23.9 Å². The number of esters is 1. The molecule has 0 aliphatic carbocycles. The number of phenolic OH excluding ortho intramolecular Hbond substituents is 1. The predicted octanol–water partition coefficient (Wildman–Crippen LogP) is 1.40. The summed E-state index contributed by atoms with van der Waals surface area (Å²) < 4.78 is 10.0. The molecule has 0 radical (unpaired) electrons. The summed E-state index contributed by atoms with van der Waals surface area (Å²) in [6.45, 7) is 9.54. The number of aromatic hydroxyl groups is 1. The number of hydrogen-bond acceptors (Lipinski definition) is 8. The van der Waals surface area contributed by atoms with Crippen LogP contribution in [0.5, 0.6) is 5.75 Å². The van der Waals surface area contributed by atoms with Gasteiger partial charge in [-0.15, -0.1) is 6.58 Å². The van der Waals surface area contributed by atoms with E-state index in [1.54, 1.807) is 27.7 Å². The van der Waals surface area contributed by atoms with Crippen LogP contribution in [-0.4, -0.2) is 76.9 Å². The van der Waals surface area contributed by atoms with Crippen molar-refractivity contribution in [2.24, 2.45) is 0 Å². The second kappa shape index (κ2) is 14.0. The summed E-state index contributed by atoms with van der Waals surface area (Å²) in [6, 6.07) is 3.00. The van der Waals surface area contributed by atoms with Gasteiger partial charge < -0.3 is 35.2 Å². The number of aliphatic hydroxyl groups excluding tert-OH is 1. The highest BCUT2D eigenvalue weighted by Gasteiger charge is 2.35. The maximum atomic E-state index is 13.4. The number of carbonyl (C=O) groups is 4. The minimum Gasteiger partial charge on any atom is -0.508 e. The highest BCUT2D eigenvalue weighted by atomic mass is 16.6. The molecule has 11 heteroatoms. The van der Waals surface area contributed by atoms with Gasteiger partial charge in [0.1, 0.15) is 23.4 Å². The summed E-state index contributed by atoms with van der Waals surface area (Å²) >= 11 is 0. The average Bonchev–Trinajstić information content (AvgIpc) is 2.77. The molecule has 11 nitrogen and oxygen atoms in total. The van der Waals surface area contributed by atoms with Crippen molar-refractivity contribution in [1.29, 1.82) is 0 Å². The zero-order chi connectivity index (χ0) is 26.6. The van der Waals surface area contributed by atoms with E-state index in [0.717, 1.165) is 4.90 Å². The van der Waals surface area contributed by atoms with Gasteiger partial charge in [0.05, 0.1) is 19.6 Å². The van der Waals surface area contributed by atoms with E-state index in [0.29, 0.717) is 5.56 Å². The molecule has 2 atom stereocenters. The highest BCUT2D eigenvalue weighted by Crippen LogP contribution is 2.24. The van der Waals surface area contributed by atoms with Crippen molar-refractivity contribution in [3.8, 4) is 5.75 Å². The van der Waals surface area contributed by atoms with Crippen molar-refractivity contribution in [3.63, 3.8) is 0 Å². The Balaban J connectivity index is 3.22. The van der Waals surface area contributed by atoms with Gasteiger partial charge in [-0.05, 0) is 45.4 Å². The molecule has 1 aromatic carbocycles. The zero-order valence-corrected chi connectivity index (χ0v) is 20.6. The van der Waals surface area contributed by atoms with Gasteiger partial charge in [0.15, 0.2) is 0 Å². The Morgan fingerprint density at radius 1 is 1.17 bits per heavy atom. The third-order valence-corrected chi connectivity index (χ3v) is 4.48. The van der Waals surface area contributed by atoms with E-state index in [2.05, 4.69) is 17.2 Å². The Labute approximate surface area is 205 Å². The number of amides is 3. The van der Waals surface area contributed by atoms with Gasteiger partial charge in [0.2, 0.25) is 11.8 Å². The third-order valence-electron chi connectivity index (χ3n) is 4.48. The molecule has 0 fully saturated rings. The molecule has 0 aliphatic heterocycles. The summed E-state index contributed by atoms with van der Waals surface area (Å²) in [5, 5.41) is 24.4. The lowest BCUT2D eigenvalue weighted by atomic mass is 10.0. The molecule has 1 aromatic rings. The van der Waals surface area contributed by atoms with Crippen LogP contribution in [0.1, 0.15) is 45.7 Å². The van der Waals surface area contributed by atoms with E-state index < -0.39 is 48.2 Å². The molecular weight excluding hydrogens is 458 g/mol. The van der Waals surface area contributed by atoms with Gasteiger partial charge in [-0.1, -0.05) is 18.2 Å². The van der Waals surface area contributed by atoms with Crippen LogP contribution in [0.3, 0.4) is 0 Å². The van der Waals surface area contributed by atoms with E-state index in [1.165, 1.54) is 30.3 Å². The number of phenols is 1. The van der Waals surface area contributed by atoms with Crippen molar-refractivity contribution in [2.45, 2.75) is 51.8 Å². The molecule has 3 amide bonds. The van der Waals surface area contributed by atoms with Gasteiger partial charge in [-0.2, -0.15) is 0 Å². The van der Waals surface area contributed by atoms with Crippen molar-refractivity contribution in [1.82, 2.24) is 15.5 Å². The molecule has 1 rings (SSSR count). The third kappa shape index (κ3) is 10.0. The normalized spacial score (nSPS) is 12.6. The molecule has 0 saturated carbocycles. The first-order chi connectivity index (χ1) is 16.4. The minimum absolute atomic E-state index is 0.0397. The van der Waals surface area contributed by atoms with Crippen LogP contribution >= 0.6 is 0 Å². The van der Waals surface area contributed by atoms with Gasteiger partial charge in [-0.3, -0.25) is 14.4 Å². The van der Waals surface area contributed by atoms with Crippen LogP contribution in [0.2, 0.25) is 0 Å². The van der Waals surface area contributed by atoms with Crippen LogP contribution in [0.25, 0.3) is 0 Å². The van der Waals surface area contributed by atoms with Crippen molar-refractivity contribution < 1.29 is 38.9 Å². The lowest BCUT2D eigenvalue weighted by molar-refractivity contribution is -0.144. The first-order valence-electron chi connectivity index (χ1n) is 11.2. The Hall–Kier alpha value is -3.60. The Morgan fingerprint density at radius 2 is 1.80 bits per heavy atom. The summed E-state index contributed by atoms with van der Waals surface area (Å²) in [7, 11) is 0. The van der Waals surface area contributed by atoms with Crippen LogP contribution < -0.4 is 10.6 Å². The molecule has 0 spiro atoms. The molecule has 0 saturated heterocycles. The summed E-state index contributed by atoms with van der Waals surface area (Å²) in [6.07, 6.45) is 0.402. The van der Waals surface area contributed by atoms with Crippen molar-refractivity contribution in [3.05, 3.63) is 42.5 Å². The molecule has 2 unspecified atom stereocenters. The lowest BCUT2D eigenvalue weighted by Crippen LogP contribution is -2.54. The average molecular weight is 494 g/mol. The number of carbonyl (C=O) groups excluding carboxylic acids is 4. The number of rotatable bonds is 12. The Kier molecular flexibility index (Phi) is 11.7. The fourth-order valence-corrected chi connectivity index (χ4v) is 3.04. The summed E-state index contributed by atoms with van der Waals surface area (Å²) in [5.74, 6) is -1.92. The first-order valence-corrected chi connectivity index (χ1v) is 11.2. The number of aliphatic hydroxyl groups is 1. The van der Waals surface area contributed by atoms with E-state index in [1.807, 2.05) is 0 Å². The zero-order valence-electron chi connectivity index (χ0n) is 20.6. The van der Waals surface area contributed by atoms with Gasteiger partial charge >= 0.3 is 12.1 Å². The van der Waals surface area contributed by atoms with E-state index in [9.17, 15) is 29.4 Å². The van der Waals surface area contributed by atoms with Gasteiger partial charge in [0.25, 0.3) is 0 Å². The Bertz CT molecular complexity index is 880. The molecule has 4 N–H and O–H groups in total.